The summed E-state index contributed by atoms with van der Waals surface area (Å²) in [6.07, 6.45) is 4.96. The number of hydrogen-bond acceptors (Lipinski definition) is 2. The zero-order valence-corrected chi connectivity index (χ0v) is 32.8. The molecule has 272 valence electrons. The second kappa shape index (κ2) is 11.6. The number of benzene rings is 6. The second-order valence-corrected chi connectivity index (χ2v) is 17.2. The standard InChI is InChI=1S/C52H44N4/c1-31-27-33(49-53-41-21-13-15-23-43(41)55(49)35-17-9-7-10-18-35)29-39-45(31)37-25-26-38-46-32(2)28-34(30-40(46)52(5,6)48(38)47(37)51(39,3)4)50-54-42-22-14-16-24-44(42)56(50)36-19-11-8-12-20-36/h7-30,39,45H,1-6H3. The van der Waals surface area contributed by atoms with Gasteiger partial charge in [0, 0.05) is 33.8 Å². The minimum atomic E-state index is -0.212. The van der Waals surface area contributed by atoms with E-state index in [0.717, 1.165) is 50.7 Å². The molecule has 4 nitrogen and oxygen atoms in total. The number of rotatable bonds is 4. The van der Waals surface area contributed by atoms with E-state index in [-0.39, 0.29) is 16.7 Å². The molecular formula is C52H44N4. The minimum absolute atomic E-state index is 0.118. The van der Waals surface area contributed by atoms with Gasteiger partial charge < -0.3 is 0 Å². The van der Waals surface area contributed by atoms with E-state index in [0.29, 0.717) is 5.92 Å². The van der Waals surface area contributed by atoms with Gasteiger partial charge in [0.05, 0.1) is 22.1 Å². The molecule has 3 aliphatic carbocycles. The van der Waals surface area contributed by atoms with Gasteiger partial charge in [-0.3, -0.25) is 9.13 Å². The summed E-state index contributed by atoms with van der Waals surface area (Å²) < 4.78 is 4.66. The Morgan fingerprint density at radius 3 is 1.80 bits per heavy atom. The summed E-state index contributed by atoms with van der Waals surface area (Å²) in [5.41, 5.74) is 19.9. The second-order valence-electron chi connectivity index (χ2n) is 17.2. The normalized spacial score (nSPS) is 18.7. The fraction of sp³-hybridized carbons (Fsp3) is 0.192. The Balaban J connectivity index is 1.06. The monoisotopic (exact) mass is 724 g/mol. The number of aryl methyl sites for hydroxylation is 1. The fourth-order valence-corrected chi connectivity index (χ4v) is 10.8. The van der Waals surface area contributed by atoms with Gasteiger partial charge in [-0.1, -0.05) is 118 Å². The minimum Gasteiger partial charge on any atom is -0.292 e. The maximum Gasteiger partial charge on any atom is 0.145 e. The third-order valence-corrected chi connectivity index (χ3v) is 13.2. The molecule has 0 N–H and O–H groups in total. The molecule has 0 fully saturated rings. The maximum atomic E-state index is 5.29. The van der Waals surface area contributed by atoms with Crippen molar-refractivity contribution < 1.29 is 0 Å². The van der Waals surface area contributed by atoms with Gasteiger partial charge in [-0.25, -0.2) is 9.97 Å². The van der Waals surface area contributed by atoms with Gasteiger partial charge in [0.15, 0.2) is 0 Å². The highest BCUT2D eigenvalue weighted by Gasteiger charge is 2.52. The molecule has 0 radical (unpaired) electrons. The fourth-order valence-electron chi connectivity index (χ4n) is 10.8. The van der Waals surface area contributed by atoms with Crippen molar-refractivity contribution >= 4 is 27.6 Å². The van der Waals surface area contributed by atoms with E-state index in [1.54, 1.807) is 0 Å². The average Bonchev–Trinajstić information content (AvgIpc) is 3.91. The first-order chi connectivity index (χ1) is 27.1. The Kier molecular flexibility index (Phi) is 6.87. The highest BCUT2D eigenvalue weighted by Crippen LogP contribution is 2.63. The highest BCUT2D eigenvalue weighted by molar-refractivity contribution is 5.91. The third-order valence-electron chi connectivity index (χ3n) is 13.2. The van der Waals surface area contributed by atoms with Crippen LogP contribution in [0.3, 0.4) is 0 Å². The third kappa shape index (κ3) is 4.47. The lowest BCUT2D eigenvalue weighted by atomic mass is 9.68. The van der Waals surface area contributed by atoms with E-state index in [1.807, 2.05) is 0 Å². The zero-order chi connectivity index (χ0) is 38.1. The summed E-state index contributed by atoms with van der Waals surface area (Å²) >= 11 is 0. The Morgan fingerprint density at radius 1 is 0.589 bits per heavy atom. The van der Waals surface area contributed by atoms with Crippen LogP contribution in [0.1, 0.15) is 74.2 Å². The summed E-state index contributed by atoms with van der Waals surface area (Å²) in [6, 6.07) is 48.0. The molecule has 0 aliphatic heterocycles. The molecule has 2 aromatic heterocycles. The average molecular weight is 725 g/mol. The van der Waals surface area contributed by atoms with Crippen LogP contribution in [0.2, 0.25) is 0 Å². The molecule has 0 bridgehead atoms. The highest BCUT2D eigenvalue weighted by atomic mass is 15.1. The van der Waals surface area contributed by atoms with Crippen LogP contribution in [-0.4, -0.2) is 19.1 Å². The lowest BCUT2D eigenvalue weighted by molar-refractivity contribution is 0.383. The summed E-state index contributed by atoms with van der Waals surface area (Å²) in [7, 11) is 0. The number of para-hydroxylation sites is 6. The molecular weight excluding hydrogens is 681 g/mol. The summed E-state index contributed by atoms with van der Waals surface area (Å²) in [5, 5.41) is 0. The molecule has 3 aliphatic rings. The topological polar surface area (TPSA) is 35.6 Å². The van der Waals surface area contributed by atoms with Crippen LogP contribution in [0.25, 0.3) is 61.5 Å². The van der Waals surface area contributed by atoms with Crippen molar-refractivity contribution in [2.75, 3.05) is 0 Å². The van der Waals surface area contributed by atoms with Gasteiger partial charge in [-0.05, 0) is 125 Å². The molecule has 6 aromatic carbocycles. The van der Waals surface area contributed by atoms with Crippen molar-refractivity contribution in [3.05, 3.63) is 185 Å². The van der Waals surface area contributed by atoms with Crippen LogP contribution in [0.15, 0.2) is 151 Å². The van der Waals surface area contributed by atoms with E-state index in [9.17, 15) is 0 Å². The smallest absolute Gasteiger partial charge is 0.145 e. The molecule has 2 heterocycles. The molecule has 56 heavy (non-hydrogen) atoms. The van der Waals surface area contributed by atoms with Gasteiger partial charge >= 0.3 is 0 Å². The lowest BCUT2D eigenvalue weighted by Crippen LogP contribution is -2.29. The first kappa shape index (κ1) is 33.1. The molecule has 8 aromatic rings. The molecule has 0 saturated carbocycles. The Morgan fingerprint density at radius 2 is 1.16 bits per heavy atom. The summed E-state index contributed by atoms with van der Waals surface area (Å²) in [5.74, 6) is 2.58. The SMILES string of the molecule is CC1=CC(c2nc3ccccc3n2-c2ccccc2)=CC2C1c1ccc3c(c1C2(C)C)C(C)(C)c1cc(-c2nc4ccccc4n2-c2ccccc2)cc(C)c1-3. The number of hydrogen-bond donors (Lipinski definition) is 0. The van der Waals surface area contributed by atoms with E-state index >= 15 is 0 Å². The van der Waals surface area contributed by atoms with Crippen molar-refractivity contribution in [2.45, 2.75) is 58.3 Å². The van der Waals surface area contributed by atoms with Crippen molar-refractivity contribution in [1.82, 2.24) is 19.1 Å². The van der Waals surface area contributed by atoms with Gasteiger partial charge in [-0.15, -0.1) is 0 Å². The summed E-state index contributed by atoms with van der Waals surface area (Å²) in [4.78, 5) is 10.6. The molecule has 11 rings (SSSR count). The maximum absolute atomic E-state index is 5.29. The van der Waals surface area contributed by atoms with Gasteiger partial charge in [0.25, 0.3) is 0 Å². The van der Waals surface area contributed by atoms with Gasteiger partial charge in [-0.2, -0.15) is 0 Å². The van der Waals surface area contributed by atoms with E-state index in [1.165, 1.54) is 50.1 Å². The van der Waals surface area contributed by atoms with Crippen LogP contribution in [0.5, 0.6) is 0 Å². The Hall–Kier alpha value is -6.26. The summed E-state index contributed by atoms with van der Waals surface area (Å²) in [6.45, 7) is 14.5. The Labute approximate surface area is 328 Å². The molecule has 0 amide bonds. The number of aromatic nitrogens is 4. The molecule has 2 atom stereocenters. The van der Waals surface area contributed by atoms with Crippen LogP contribution < -0.4 is 0 Å². The number of imidazole rings is 2. The molecule has 2 unspecified atom stereocenters. The molecule has 0 spiro atoms. The lowest BCUT2D eigenvalue weighted by Gasteiger charge is -2.35. The van der Waals surface area contributed by atoms with E-state index in [2.05, 4.69) is 196 Å². The first-order valence-electron chi connectivity index (χ1n) is 19.9. The van der Waals surface area contributed by atoms with Crippen LogP contribution in [-0.2, 0) is 10.8 Å². The number of fused-ring (bicyclic) bond motifs is 9. The van der Waals surface area contributed by atoms with Crippen molar-refractivity contribution in [3.63, 3.8) is 0 Å². The number of nitrogens with zero attached hydrogens (tertiary/aromatic N) is 4. The number of allylic oxidation sites excluding steroid dienone is 4. The zero-order valence-electron chi connectivity index (χ0n) is 32.8. The van der Waals surface area contributed by atoms with Crippen molar-refractivity contribution in [2.24, 2.45) is 5.92 Å². The van der Waals surface area contributed by atoms with Crippen LogP contribution in [0, 0.1) is 12.8 Å². The molecule has 4 heteroatoms. The predicted molar refractivity (Wildman–Crippen MR) is 231 cm³/mol. The van der Waals surface area contributed by atoms with E-state index in [4.69, 9.17) is 9.97 Å². The van der Waals surface area contributed by atoms with Crippen molar-refractivity contribution in [3.8, 4) is 33.9 Å². The molecule has 0 saturated heterocycles. The van der Waals surface area contributed by atoms with Crippen molar-refractivity contribution in [1.29, 1.82) is 0 Å². The van der Waals surface area contributed by atoms with Gasteiger partial charge in [0.1, 0.15) is 11.6 Å². The van der Waals surface area contributed by atoms with Crippen LogP contribution >= 0.6 is 0 Å². The van der Waals surface area contributed by atoms with Gasteiger partial charge in [0.2, 0.25) is 0 Å². The quantitative estimate of drug-likeness (QED) is 0.181. The Bertz CT molecular complexity index is 2990. The first-order valence-corrected chi connectivity index (χ1v) is 19.9. The van der Waals surface area contributed by atoms with Crippen LogP contribution in [0.4, 0.5) is 0 Å². The largest absolute Gasteiger partial charge is 0.292 e. The predicted octanol–water partition coefficient (Wildman–Crippen LogP) is 12.7. The van der Waals surface area contributed by atoms with E-state index < -0.39 is 0 Å².